The number of imidazole rings is 1. The smallest absolute Gasteiger partial charge is 0.251 e. The van der Waals surface area contributed by atoms with E-state index in [0.29, 0.717) is 11.1 Å². The number of carbonyl (C=O) groups excluding carboxylic acids is 1. The Morgan fingerprint density at radius 2 is 2.16 bits per heavy atom. The molecule has 3 rings (SSSR count). The zero-order valence-corrected chi connectivity index (χ0v) is 14.6. The molecule has 0 radical (unpaired) electrons. The van der Waals surface area contributed by atoms with Crippen molar-refractivity contribution in [1.82, 2.24) is 15.3 Å². The molecular weight excluding hydrogens is 332 g/mol. The number of hydrogen-bond acceptors (Lipinski definition) is 4. The number of fused-ring (bicyclic) bond motifs is 1. The molecule has 0 aliphatic heterocycles. The van der Waals surface area contributed by atoms with Crippen LogP contribution in [-0.2, 0) is 0 Å². The third-order valence-corrected chi connectivity index (χ3v) is 4.55. The number of thioether (sulfide) groups is 1. The maximum atomic E-state index is 12.6. The van der Waals surface area contributed by atoms with E-state index in [4.69, 9.17) is 5.26 Å². The van der Waals surface area contributed by atoms with E-state index < -0.39 is 0 Å². The number of rotatable bonds is 6. The number of aromatic nitrogens is 2. The van der Waals surface area contributed by atoms with Crippen LogP contribution in [-0.4, -0.2) is 27.9 Å². The zero-order valence-electron chi connectivity index (χ0n) is 13.8. The van der Waals surface area contributed by atoms with Crippen LogP contribution >= 0.6 is 11.8 Å². The number of aromatic amines is 1. The van der Waals surface area contributed by atoms with Crippen molar-refractivity contribution < 1.29 is 4.79 Å². The van der Waals surface area contributed by atoms with Gasteiger partial charge in [0.2, 0.25) is 0 Å². The lowest BCUT2D eigenvalue weighted by Gasteiger charge is -2.16. The Morgan fingerprint density at radius 3 is 2.92 bits per heavy atom. The summed E-state index contributed by atoms with van der Waals surface area (Å²) in [5.74, 6) is 1.45. The highest BCUT2D eigenvalue weighted by Crippen LogP contribution is 2.20. The van der Waals surface area contributed by atoms with Crippen LogP contribution in [0, 0.1) is 11.3 Å². The van der Waals surface area contributed by atoms with Crippen LogP contribution < -0.4 is 5.32 Å². The van der Waals surface area contributed by atoms with E-state index in [2.05, 4.69) is 21.4 Å². The summed E-state index contributed by atoms with van der Waals surface area (Å²) in [6.45, 7) is 0. The van der Waals surface area contributed by atoms with E-state index in [-0.39, 0.29) is 11.9 Å². The van der Waals surface area contributed by atoms with Crippen molar-refractivity contribution in [3.63, 3.8) is 0 Å². The molecule has 0 unspecified atom stereocenters. The summed E-state index contributed by atoms with van der Waals surface area (Å²) < 4.78 is 0. The Morgan fingerprint density at radius 1 is 1.32 bits per heavy atom. The number of nitrogens with zero attached hydrogens (tertiary/aromatic N) is 2. The van der Waals surface area contributed by atoms with Gasteiger partial charge in [0.1, 0.15) is 5.82 Å². The summed E-state index contributed by atoms with van der Waals surface area (Å²) in [4.78, 5) is 20.5. The van der Waals surface area contributed by atoms with Gasteiger partial charge in [0.15, 0.2) is 0 Å². The molecule has 1 heterocycles. The van der Waals surface area contributed by atoms with Crippen LogP contribution in [0.3, 0.4) is 0 Å². The molecule has 0 spiro atoms. The molecule has 25 heavy (non-hydrogen) atoms. The lowest BCUT2D eigenvalue weighted by atomic mass is 10.1. The molecule has 6 heteroatoms. The zero-order chi connectivity index (χ0) is 17.6. The quantitative estimate of drug-likeness (QED) is 0.711. The molecule has 0 saturated carbocycles. The molecule has 3 aromatic rings. The highest BCUT2D eigenvalue weighted by atomic mass is 32.2. The van der Waals surface area contributed by atoms with Crippen molar-refractivity contribution in [2.24, 2.45) is 0 Å². The Labute approximate surface area is 150 Å². The molecule has 0 aliphatic carbocycles. The number of para-hydroxylation sites is 2. The van der Waals surface area contributed by atoms with Gasteiger partial charge in [-0.25, -0.2) is 4.98 Å². The standard InChI is InChI=1S/C19H18N4OS/c1-25-10-9-17(18-21-15-7-2-3-8-16(15)22-18)23-19(24)14-6-4-5-13(11-14)12-20/h2-8,11,17H,9-10H2,1H3,(H,21,22)(H,23,24)/t17-/m0/s1. The van der Waals surface area contributed by atoms with E-state index >= 15 is 0 Å². The first-order chi connectivity index (χ1) is 12.2. The highest BCUT2D eigenvalue weighted by Gasteiger charge is 2.19. The largest absolute Gasteiger partial charge is 0.342 e. The van der Waals surface area contributed by atoms with Crippen LogP contribution in [0.25, 0.3) is 11.0 Å². The normalized spacial score (nSPS) is 11.8. The van der Waals surface area contributed by atoms with Crippen molar-refractivity contribution in [3.8, 4) is 6.07 Å². The van der Waals surface area contributed by atoms with Crippen LogP contribution in [0.2, 0.25) is 0 Å². The van der Waals surface area contributed by atoms with Gasteiger partial charge in [-0.2, -0.15) is 17.0 Å². The number of hydrogen-bond donors (Lipinski definition) is 2. The molecule has 5 nitrogen and oxygen atoms in total. The first kappa shape index (κ1) is 17.1. The summed E-state index contributed by atoms with van der Waals surface area (Å²) >= 11 is 1.72. The van der Waals surface area contributed by atoms with Gasteiger partial charge < -0.3 is 10.3 Å². The summed E-state index contributed by atoms with van der Waals surface area (Å²) in [6.07, 6.45) is 2.80. The fourth-order valence-electron chi connectivity index (χ4n) is 2.62. The van der Waals surface area contributed by atoms with Gasteiger partial charge in [-0.1, -0.05) is 18.2 Å². The van der Waals surface area contributed by atoms with Gasteiger partial charge in [0.05, 0.1) is 28.7 Å². The Hall–Kier alpha value is -2.78. The fourth-order valence-corrected chi connectivity index (χ4v) is 3.09. The molecule has 2 N–H and O–H groups in total. The number of amides is 1. The summed E-state index contributed by atoms with van der Waals surface area (Å²) in [7, 11) is 0. The van der Waals surface area contributed by atoms with E-state index in [1.165, 1.54) is 0 Å². The third-order valence-electron chi connectivity index (χ3n) is 3.91. The SMILES string of the molecule is CSCC[C@H](NC(=O)c1cccc(C#N)c1)c1nc2ccccc2[nH]1. The molecule has 0 bridgehead atoms. The van der Waals surface area contributed by atoms with Crippen molar-refractivity contribution >= 4 is 28.7 Å². The monoisotopic (exact) mass is 350 g/mol. The second kappa shape index (κ2) is 7.86. The van der Waals surface area contributed by atoms with Crippen molar-refractivity contribution in [3.05, 3.63) is 65.5 Å². The van der Waals surface area contributed by atoms with Crippen molar-refractivity contribution in [1.29, 1.82) is 5.26 Å². The summed E-state index contributed by atoms with van der Waals surface area (Å²) in [6, 6.07) is 16.4. The molecule has 0 aliphatic rings. The second-order valence-corrected chi connectivity index (χ2v) is 6.62. The van der Waals surface area contributed by atoms with E-state index in [1.807, 2.05) is 30.5 Å². The topological polar surface area (TPSA) is 81.6 Å². The maximum absolute atomic E-state index is 12.6. The molecule has 0 fully saturated rings. The predicted octanol–water partition coefficient (Wildman–Crippen LogP) is 3.66. The highest BCUT2D eigenvalue weighted by molar-refractivity contribution is 7.98. The second-order valence-electron chi connectivity index (χ2n) is 5.64. The molecule has 126 valence electrons. The molecule has 1 amide bonds. The minimum absolute atomic E-state index is 0.205. The number of nitrogens with one attached hydrogen (secondary N) is 2. The van der Waals surface area contributed by atoms with Crippen LogP contribution in [0.15, 0.2) is 48.5 Å². The number of H-pyrrole nitrogens is 1. The molecular formula is C19H18N4OS. The van der Waals surface area contributed by atoms with E-state index in [1.54, 1.807) is 36.0 Å². The Balaban J connectivity index is 1.85. The number of carbonyl (C=O) groups is 1. The van der Waals surface area contributed by atoms with Crippen molar-refractivity contribution in [2.45, 2.75) is 12.5 Å². The summed E-state index contributed by atoms with van der Waals surface area (Å²) in [5.41, 5.74) is 2.78. The predicted molar refractivity (Wildman–Crippen MR) is 100 cm³/mol. The minimum atomic E-state index is -0.210. The maximum Gasteiger partial charge on any atom is 0.251 e. The van der Waals surface area contributed by atoms with Gasteiger partial charge in [0, 0.05) is 5.56 Å². The number of nitriles is 1. The average molecular weight is 350 g/mol. The fraction of sp³-hybridized carbons (Fsp3) is 0.211. The van der Waals surface area contributed by atoms with Gasteiger partial charge in [-0.15, -0.1) is 0 Å². The van der Waals surface area contributed by atoms with Crippen LogP contribution in [0.5, 0.6) is 0 Å². The molecule has 1 atom stereocenters. The molecule has 0 saturated heterocycles. The van der Waals surface area contributed by atoms with Gasteiger partial charge in [-0.3, -0.25) is 4.79 Å². The molecule has 1 aromatic heterocycles. The van der Waals surface area contributed by atoms with Gasteiger partial charge in [0.25, 0.3) is 5.91 Å². The van der Waals surface area contributed by atoms with Crippen LogP contribution in [0.1, 0.15) is 34.2 Å². The third kappa shape index (κ3) is 4.01. The first-order valence-electron chi connectivity index (χ1n) is 7.96. The van der Waals surface area contributed by atoms with Crippen molar-refractivity contribution in [2.75, 3.05) is 12.0 Å². The van der Waals surface area contributed by atoms with Gasteiger partial charge in [-0.05, 0) is 48.8 Å². The van der Waals surface area contributed by atoms with Crippen LogP contribution in [0.4, 0.5) is 0 Å². The Bertz CT molecular complexity index is 895. The summed E-state index contributed by atoms with van der Waals surface area (Å²) in [5, 5.41) is 12.0. The first-order valence-corrected chi connectivity index (χ1v) is 9.35. The van der Waals surface area contributed by atoms with E-state index in [0.717, 1.165) is 29.0 Å². The lowest BCUT2D eigenvalue weighted by Crippen LogP contribution is -2.29. The lowest BCUT2D eigenvalue weighted by molar-refractivity contribution is 0.0934. The Kier molecular flexibility index (Phi) is 5.36. The number of benzene rings is 2. The minimum Gasteiger partial charge on any atom is -0.342 e. The average Bonchev–Trinajstić information content (AvgIpc) is 3.09. The molecule has 2 aromatic carbocycles. The van der Waals surface area contributed by atoms with E-state index in [9.17, 15) is 4.79 Å². The van der Waals surface area contributed by atoms with Gasteiger partial charge >= 0.3 is 0 Å².